The Kier molecular flexibility index (Phi) is 5.33. The minimum Gasteiger partial charge on any atom is -0.481 e. The van der Waals surface area contributed by atoms with Crippen molar-refractivity contribution in [3.05, 3.63) is 35.4 Å². The number of aryl methyl sites for hydroxylation is 1. The summed E-state index contributed by atoms with van der Waals surface area (Å²) in [5, 5.41) is 8.86. The van der Waals surface area contributed by atoms with Crippen molar-refractivity contribution in [2.75, 3.05) is 19.7 Å². The third-order valence-corrected chi connectivity index (χ3v) is 3.71. The third-order valence-electron chi connectivity index (χ3n) is 3.71. The van der Waals surface area contributed by atoms with Gasteiger partial charge in [-0.05, 0) is 31.4 Å². The van der Waals surface area contributed by atoms with E-state index in [1.165, 1.54) is 0 Å². The van der Waals surface area contributed by atoms with Gasteiger partial charge in [0.2, 0.25) is 0 Å². The zero-order chi connectivity index (χ0) is 15.2. The third kappa shape index (κ3) is 4.29. The van der Waals surface area contributed by atoms with Crippen molar-refractivity contribution in [3.63, 3.8) is 0 Å². The molecule has 1 aromatic rings. The summed E-state index contributed by atoms with van der Waals surface area (Å²) >= 11 is 0. The van der Waals surface area contributed by atoms with E-state index in [1.807, 2.05) is 25.1 Å². The molecule has 5 heteroatoms. The number of hydrogen-bond acceptors (Lipinski definition) is 3. The molecule has 5 nitrogen and oxygen atoms in total. The maximum Gasteiger partial charge on any atom is 0.305 e. The van der Waals surface area contributed by atoms with E-state index in [0.717, 1.165) is 25.0 Å². The Morgan fingerprint density at radius 3 is 2.76 bits per heavy atom. The normalized spacial score (nSPS) is 17.7. The molecular weight excluding hydrogens is 270 g/mol. The molecule has 1 atom stereocenters. The lowest BCUT2D eigenvalue weighted by Crippen LogP contribution is -2.39. The van der Waals surface area contributed by atoms with E-state index < -0.39 is 5.97 Å². The van der Waals surface area contributed by atoms with Gasteiger partial charge in [0.1, 0.15) is 0 Å². The second-order valence-corrected chi connectivity index (χ2v) is 5.34. The average Bonchev–Trinajstić information content (AvgIpc) is 2.96. The maximum atomic E-state index is 12.6. The quantitative estimate of drug-likeness (QED) is 0.871. The summed E-state index contributed by atoms with van der Waals surface area (Å²) in [6.07, 6.45) is 1.89. The molecule has 1 aliphatic heterocycles. The van der Waals surface area contributed by atoms with E-state index in [2.05, 4.69) is 0 Å². The van der Waals surface area contributed by atoms with Gasteiger partial charge in [0.25, 0.3) is 5.91 Å². The Morgan fingerprint density at radius 2 is 2.14 bits per heavy atom. The van der Waals surface area contributed by atoms with Crippen LogP contribution in [0.15, 0.2) is 24.3 Å². The molecule has 1 aliphatic rings. The molecule has 0 saturated carbocycles. The predicted octanol–water partition coefficient (Wildman–Crippen LogP) is 2.09. The molecule has 0 aliphatic carbocycles. The standard InChI is InChI=1S/C16H21NO4/c1-12-5-2-3-7-14(12)16(20)17(9-8-15(18)19)11-13-6-4-10-21-13/h2-3,5,7,13H,4,6,8-11H2,1H3,(H,18,19)/t13-/m1/s1. The van der Waals surface area contributed by atoms with Crippen LogP contribution in [0.1, 0.15) is 35.2 Å². The van der Waals surface area contributed by atoms with Crippen LogP contribution >= 0.6 is 0 Å². The number of hydrogen-bond donors (Lipinski definition) is 1. The molecule has 0 spiro atoms. The van der Waals surface area contributed by atoms with Gasteiger partial charge in [0.15, 0.2) is 0 Å². The lowest BCUT2D eigenvalue weighted by atomic mass is 10.1. The zero-order valence-corrected chi connectivity index (χ0v) is 12.2. The second kappa shape index (κ2) is 7.22. The van der Waals surface area contributed by atoms with Crippen LogP contribution in [-0.2, 0) is 9.53 Å². The first kappa shape index (κ1) is 15.5. The monoisotopic (exact) mass is 291 g/mol. The number of aliphatic carboxylic acids is 1. The van der Waals surface area contributed by atoms with Crippen LogP contribution in [0.25, 0.3) is 0 Å². The number of rotatable bonds is 6. The molecule has 1 amide bonds. The number of benzene rings is 1. The fourth-order valence-corrected chi connectivity index (χ4v) is 2.52. The molecule has 1 aromatic carbocycles. The Morgan fingerprint density at radius 1 is 1.38 bits per heavy atom. The maximum absolute atomic E-state index is 12.6. The Bertz CT molecular complexity index is 509. The molecule has 114 valence electrons. The van der Waals surface area contributed by atoms with Crippen LogP contribution in [-0.4, -0.2) is 47.7 Å². The molecule has 1 heterocycles. The minimum absolute atomic E-state index is 0.0202. The highest BCUT2D eigenvalue weighted by molar-refractivity contribution is 5.95. The van der Waals surface area contributed by atoms with Crippen molar-refractivity contribution in [1.29, 1.82) is 0 Å². The Balaban J connectivity index is 2.10. The molecule has 1 fully saturated rings. The number of carbonyl (C=O) groups excluding carboxylic acids is 1. The minimum atomic E-state index is -0.898. The summed E-state index contributed by atoms with van der Waals surface area (Å²) in [5.74, 6) is -1.02. The number of carboxylic acid groups (broad SMARTS) is 1. The summed E-state index contributed by atoms with van der Waals surface area (Å²) in [5.41, 5.74) is 1.52. The largest absolute Gasteiger partial charge is 0.481 e. The van der Waals surface area contributed by atoms with Gasteiger partial charge in [-0.1, -0.05) is 18.2 Å². The summed E-state index contributed by atoms with van der Waals surface area (Å²) in [7, 11) is 0. The molecule has 0 unspecified atom stereocenters. The molecule has 0 bridgehead atoms. The summed E-state index contributed by atoms with van der Waals surface area (Å²) in [4.78, 5) is 25.0. The fraction of sp³-hybridized carbons (Fsp3) is 0.500. The number of carboxylic acids is 1. The SMILES string of the molecule is Cc1ccccc1C(=O)N(CCC(=O)O)C[C@H]1CCCO1. The smallest absolute Gasteiger partial charge is 0.305 e. The van der Waals surface area contributed by atoms with Crippen LogP contribution in [0.5, 0.6) is 0 Å². The number of carbonyl (C=O) groups is 2. The number of amides is 1. The molecule has 1 N–H and O–H groups in total. The van der Waals surface area contributed by atoms with Gasteiger partial charge in [-0.15, -0.1) is 0 Å². The van der Waals surface area contributed by atoms with E-state index in [0.29, 0.717) is 12.1 Å². The average molecular weight is 291 g/mol. The van der Waals surface area contributed by atoms with Crippen LogP contribution < -0.4 is 0 Å². The Labute approximate surface area is 124 Å². The van der Waals surface area contributed by atoms with Gasteiger partial charge in [-0.2, -0.15) is 0 Å². The summed E-state index contributed by atoms with van der Waals surface area (Å²) in [6, 6.07) is 7.37. The highest BCUT2D eigenvalue weighted by atomic mass is 16.5. The van der Waals surface area contributed by atoms with Gasteiger partial charge < -0.3 is 14.7 Å². The first-order valence-electron chi connectivity index (χ1n) is 7.26. The van der Waals surface area contributed by atoms with Crippen molar-refractivity contribution in [2.45, 2.75) is 32.3 Å². The van der Waals surface area contributed by atoms with Crippen molar-refractivity contribution < 1.29 is 19.4 Å². The number of nitrogens with zero attached hydrogens (tertiary/aromatic N) is 1. The first-order valence-corrected chi connectivity index (χ1v) is 7.26. The van der Waals surface area contributed by atoms with Crippen molar-refractivity contribution >= 4 is 11.9 Å². The molecule has 0 radical (unpaired) electrons. The van der Waals surface area contributed by atoms with E-state index in [4.69, 9.17) is 9.84 Å². The summed E-state index contributed by atoms with van der Waals surface area (Å²) in [6.45, 7) is 3.27. The van der Waals surface area contributed by atoms with Gasteiger partial charge in [-0.3, -0.25) is 9.59 Å². The molecule has 0 aromatic heterocycles. The van der Waals surface area contributed by atoms with Gasteiger partial charge in [-0.25, -0.2) is 0 Å². The highest BCUT2D eigenvalue weighted by Gasteiger charge is 2.24. The lowest BCUT2D eigenvalue weighted by Gasteiger charge is -2.25. The van der Waals surface area contributed by atoms with E-state index in [-0.39, 0.29) is 25.0 Å². The van der Waals surface area contributed by atoms with Crippen LogP contribution in [0.4, 0.5) is 0 Å². The Hall–Kier alpha value is -1.88. The van der Waals surface area contributed by atoms with Gasteiger partial charge >= 0.3 is 5.97 Å². The van der Waals surface area contributed by atoms with E-state index in [9.17, 15) is 9.59 Å². The van der Waals surface area contributed by atoms with Crippen LogP contribution in [0.3, 0.4) is 0 Å². The fourth-order valence-electron chi connectivity index (χ4n) is 2.52. The topological polar surface area (TPSA) is 66.8 Å². The van der Waals surface area contributed by atoms with Crippen molar-refractivity contribution in [3.8, 4) is 0 Å². The van der Waals surface area contributed by atoms with Crippen molar-refractivity contribution in [2.24, 2.45) is 0 Å². The second-order valence-electron chi connectivity index (χ2n) is 5.34. The molecule has 21 heavy (non-hydrogen) atoms. The van der Waals surface area contributed by atoms with E-state index in [1.54, 1.807) is 11.0 Å². The lowest BCUT2D eigenvalue weighted by molar-refractivity contribution is -0.137. The van der Waals surface area contributed by atoms with Gasteiger partial charge in [0, 0.05) is 25.3 Å². The van der Waals surface area contributed by atoms with Crippen LogP contribution in [0.2, 0.25) is 0 Å². The predicted molar refractivity (Wildman–Crippen MR) is 78.3 cm³/mol. The van der Waals surface area contributed by atoms with Gasteiger partial charge in [0.05, 0.1) is 12.5 Å². The molecular formula is C16H21NO4. The zero-order valence-electron chi connectivity index (χ0n) is 12.2. The van der Waals surface area contributed by atoms with Crippen LogP contribution in [0, 0.1) is 6.92 Å². The number of ether oxygens (including phenoxy) is 1. The highest BCUT2D eigenvalue weighted by Crippen LogP contribution is 2.17. The molecule has 1 saturated heterocycles. The van der Waals surface area contributed by atoms with E-state index >= 15 is 0 Å². The first-order chi connectivity index (χ1) is 10.1. The van der Waals surface area contributed by atoms with Crippen molar-refractivity contribution in [1.82, 2.24) is 4.90 Å². The molecule has 2 rings (SSSR count). The summed E-state index contributed by atoms with van der Waals surface area (Å²) < 4.78 is 5.57.